The zero-order valence-electron chi connectivity index (χ0n) is 17.8. The largest absolute Gasteiger partial charge is 0.449 e. The van der Waals surface area contributed by atoms with Crippen LogP contribution < -0.4 is 10.9 Å². The monoisotopic (exact) mass is 448 g/mol. The van der Waals surface area contributed by atoms with E-state index in [-0.39, 0.29) is 28.7 Å². The van der Waals surface area contributed by atoms with Gasteiger partial charge in [0.15, 0.2) is 0 Å². The van der Waals surface area contributed by atoms with Gasteiger partial charge in [-0.1, -0.05) is 38.1 Å². The Morgan fingerprint density at radius 1 is 1.06 bits per heavy atom. The summed E-state index contributed by atoms with van der Waals surface area (Å²) in [5.74, 6) is 0. The van der Waals surface area contributed by atoms with Gasteiger partial charge in [-0.15, -0.1) is 0 Å². The van der Waals surface area contributed by atoms with E-state index in [2.05, 4.69) is 10.3 Å². The lowest BCUT2D eigenvalue weighted by molar-refractivity contribution is -0.137. The minimum Gasteiger partial charge on any atom is -0.449 e. The fourth-order valence-electron chi connectivity index (χ4n) is 3.30. The molecule has 0 unspecified atom stereocenters. The van der Waals surface area contributed by atoms with Crippen LogP contribution in [0.4, 0.5) is 23.7 Å². The number of H-pyrrole nitrogens is 1. The molecule has 6 nitrogen and oxygen atoms in total. The molecule has 0 aliphatic carbocycles. The summed E-state index contributed by atoms with van der Waals surface area (Å²) >= 11 is 0. The Balaban J connectivity index is 1.86. The number of alkyl halides is 3. The molecule has 0 spiro atoms. The number of rotatable bonds is 6. The number of nitrogens with one attached hydrogen (secondary N) is 2. The molecule has 170 valence electrons. The van der Waals surface area contributed by atoms with Gasteiger partial charge in [-0.05, 0) is 29.7 Å². The first-order chi connectivity index (χ1) is 15.0. The molecule has 0 fully saturated rings. The molecule has 32 heavy (non-hydrogen) atoms. The number of fused-ring (bicyclic) bond motifs is 1. The van der Waals surface area contributed by atoms with Gasteiger partial charge in [-0.3, -0.25) is 10.1 Å². The highest BCUT2D eigenvalue weighted by atomic mass is 19.4. The third-order valence-electron chi connectivity index (χ3n) is 4.74. The highest BCUT2D eigenvalue weighted by Crippen LogP contribution is 2.36. The summed E-state index contributed by atoms with van der Waals surface area (Å²) in [5.41, 5.74) is -1.53. The molecule has 2 aromatic carbocycles. The van der Waals surface area contributed by atoms with E-state index in [1.54, 1.807) is 19.2 Å². The number of aromatic nitrogens is 1. The molecular formula is C23H23F3N2O4. The number of methoxy groups -OCH3 is 1. The van der Waals surface area contributed by atoms with Crippen molar-refractivity contribution in [3.8, 4) is 11.3 Å². The second-order valence-electron chi connectivity index (χ2n) is 8.16. The van der Waals surface area contributed by atoms with Gasteiger partial charge < -0.3 is 14.5 Å². The molecule has 2 N–H and O–H groups in total. The van der Waals surface area contributed by atoms with E-state index in [1.165, 1.54) is 30.3 Å². The van der Waals surface area contributed by atoms with Crippen LogP contribution in [0.1, 0.15) is 19.4 Å². The summed E-state index contributed by atoms with van der Waals surface area (Å²) in [4.78, 5) is 27.2. The number of benzene rings is 2. The lowest BCUT2D eigenvalue weighted by Crippen LogP contribution is -2.28. The number of pyridine rings is 1. The van der Waals surface area contributed by atoms with Crippen molar-refractivity contribution in [1.29, 1.82) is 0 Å². The van der Waals surface area contributed by atoms with Crippen molar-refractivity contribution < 1.29 is 27.4 Å². The van der Waals surface area contributed by atoms with Crippen LogP contribution in [0.15, 0.2) is 53.3 Å². The molecule has 0 atom stereocenters. The molecule has 0 bridgehead atoms. The maximum atomic E-state index is 13.4. The molecule has 9 heteroatoms. The first kappa shape index (κ1) is 23.3. The molecule has 0 saturated heterocycles. The second kappa shape index (κ2) is 9.04. The number of ether oxygens (including phenoxy) is 2. The summed E-state index contributed by atoms with van der Waals surface area (Å²) in [6, 6.07) is 11.0. The summed E-state index contributed by atoms with van der Waals surface area (Å²) in [7, 11) is 1.56. The first-order valence-electron chi connectivity index (χ1n) is 9.76. The maximum absolute atomic E-state index is 13.4. The maximum Gasteiger partial charge on any atom is 0.417 e. The molecule has 1 heterocycles. The first-order valence-corrected chi connectivity index (χ1v) is 9.76. The van der Waals surface area contributed by atoms with Gasteiger partial charge in [-0.2, -0.15) is 13.2 Å². The average Bonchev–Trinajstić information content (AvgIpc) is 2.72. The van der Waals surface area contributed by atoms with E-state index in [1.807, 2.05) is 13.8 Å². The standard InChI is InChI=1S/C23H23F3N2O4/c1-22(2,12-31-3)13-32-21(30)27-15-9-8-14-10-19(28-20(29)17(14)11-15)16-6-4-5-7-18(16)23(24,25)26/h4-11H,12-13H2,1-3H3,(H,27,30)(H,28,29). The van der Waals surface area contributed by atoms with Crippen molar-refractivity contribution in [3.05, 3.63) is 64.4 Å². The van der Waals surface area contributed by atoms with Crippen molar-refractivity contribution in [1.82, 2.24) is 4.98 Å². The number of amides is 1. The van der Waals surface area contributed by atoms with Crippen molar-refractivity contribution in [2.45, 2.75) is 20.0 Å². The molecule has 0 radical (unpaired) electrons. The van der Waals surface area contributed by atoms with E-state index >= 15 is 0 Å². The zero-order valence-corrected chi connectivity index (χ0v) is 17.8. The van der Waals surface area contributed by atoms with Crippen LogP contribution in [0.25, 0.3) is 22.0 Å². The Labute approximate surface area is 182 Å². The van der Waals surface area contributed by atoms with Gasteiger partial charge in [0.25, 0.3) is 5.56 Å². The third-order valence-corrected chi connectivity index (χ3v) is 4.74. The number of hydrogen-bond acceptors (Lipinski definition) is 4. The molecule has 3 aromatic rings. The number of halogens is 3. The van der Waals surface area contributed by atoms with Crippen LogP contribution in [-0.2, 0) is 15.7 Å². The zero-order chi connectivity index (χ0) is 23.5. The van der Waals surface area contributed by atoms with Crippen LogP contribution in [0, 0.1) is 5.41 Å². The van der Waals surface area contributed by atoms with Gasteiger partial charge in [0, 0.05) is 34.9 Å². The molecule has 0 aliphatic heterocycles. The quantitative estimate of drug-likeness (QED) is 0.527. The number of hydrogen-bond donors (Lipinski definition) is 2. The van der Waals surface area contributed by atoms with Crippen LogP contribution >= 0.6 is 0 Å². The van der Waals surface area contributed by atoms with E-state index in [0.29, 0.717) is 17.7 Å². The van der Waals surface area contributed by atoms with Gasteiger partial charge in [0.1, 0.15) is 6.61 Å². The van der Waals surface area contributed by atoms with E-state index in [9.17, 15) is 22.8 Å². The predicted octanol–water partition coefficient (Wildman–Crippen LogP) is 5.44. The topological polar surface area (TPSA) is 80.4 Å². The van der Waals surface area contributed by atoms with Gasteiger partial charge in [0.2, 0.25) is 0 Å². The molecule has 0 saturated carbocycles. The minimum absolute atomic E-state index is 0.0518. The highest BCUT2D eigenvalue weighted by molar-refractivity contribution is 5.92. The Morgan fingerprint density at radius 2 is 1.78 bits per heavy atom. The second-order valence-corrected chi connectivity index (χ2v) is 8.16. The molecular weight excluding hydrogens is 425 g/mol. The Morgan fingerprint density at radius 3 is 2.47 bits per heavy atom. The fraction of sp³-hybridized carbons (Fsp3) is 0.304. The van der Waals surface area contributed by atoms with Crippen LogP contribution in [0.3, 0.4) is 0 Å². The predicted molar refractivity (Wildman–Crippen MR) is 116 cm³/mol. The Kier molecular flexibility index (Phi) is 6.59. The van der Waals surface area contributed by atoms with Gasteiger partial charge in [-0.25, -0.2) is 4.79 Å². The number of carbonyl (C=O) groups is 1. The normalized spacial score (nSPS) is 12.1. The molecule has 3 rings (SSSR count). The smallest absolute Gasteiger partial charge is 0.417 e. The van der Waals surface area contributed by atoms with E-state index in [4.69, 9.17) is 9.47 Å². The van der Waals surface area contributed by atoms with Crippen molar-refractivity contribution in [2.75, 3.05) is 25.6 Å². The third kappa shape index (κ3) is 5.47. The number of aromatic amines is 1. The summed E-state index contributed by atoms with van der Waals surface area (Å²) in [5, 5.41) is 3.20. The lowest BCUT2D eigenvalue weighted by Gasteiger charge is -2.22. The number of carbonyl (C=O) groups excluding carboxylic acids is 1. The summed E-state index contributed by atoms with van der Waals surface area (Å²) in [6.45, 7) is 4.30. The van der Waals surface area contributed by atoms with E-state index < -0.39 is 23.4 Å². The van der Waals surface area contributed by atoms with Gasteiger partial charge >= 0.3 is 12.3 Å². The fourth-order valence-corrected chi connectivity index (χ4v) is 3.30. The highest BCUT2D eigenvalue weighted by Gasteiger charge is 2.33. The Hall–Kier alpha value is -3.33. The van der Waals surface area contributed by atoms with Crippen molar-refractivity contribution in [3.63, 3.8) is 0 Å². The summed E-state index contributed by atoms with van der Waals surface area (Å²) < 4.78 is 50.3. The number of anilines is 1. The summed E-state index contributed by atoms with van der Waals surface area (Å²) in [6.07, 6.45) is -5.25. The van der Waals surface area contributed by atoms with Crippen LogP contribution in [-0.4, -0.2) is 31.4 Å². The molecule has 1 aromatic heterocycles. The minimum atomic E-state index is -4.56. The van der Waals surface area contributed by atoms with Crippen LogP contribution in [0.2, 0.25) is 0 Å². The van der Waals surface area contributed by atoms with Crippen molar-refractivity contribution >= 4 is 22.6 Å². The Bertz CT molecular complexity index is 1190. The van der Waals surface area contributed by atoms with Gasteiger partial charge in [0.05, 0.1) is 12.2 Å². The average molecular weight is 448 g/mol. The van der Waals surface area contributed by atoms with E-state index in [0.717, 1.165) is 6.07 Å². The SMILES string of the molecule is COCC(C)(C)COC(=O)Nc1ccc2cc(-c3ccccc3C(F)(F)F)[nH]c(=O)c2c1. The lowest BCUT2D eigenvalue weighted by atomic mass is 9.96. The van der Waals surface area contributed by atoms with Crippen LogP contribution in [0.5, 0.6) is 0 Å². The van der Waals surface area contributed by atoms with Crippen molar-refractivity contribution in [2.24, 2.45) is 5.41 Å². The molecule has 0 aliphatic rings. The molecule has 1 amide bonds.